The van der Waals surface area contributed by atoms with Crippen LogP contribution in [0.5, 0.6) is 5.88 Å². The molecule has 140 valence electrons. The van der Waals surface area contributed by atoms with Crippen molar-refractivity contribution in [3.05, 3.63) is 23.9 Å². The second-order valence-electron chi connectivity index (χ2n) is 6.01. The van der Waals surface area contributed by atoms with Crippen LogP contribution in [0.15, 0.2) is 23.3 Å². The summed E-state index contributed by atoms with van der Waals surface area (Å²) < 4.78 is 16.8. The van der Waals surface area contributed by atoms with Crippen LogP contribution in [0.3, 0.4) is 0 Å². The monoisotopic (exact) mass is 462 g/mol. The van der Waals surface area contributed by atoms with Crippen molar-refractivity contribution in [3.8, 4) is 5.88 Å². The van der Waals surface area contributed by atoms with Crippen molar-refractivity contribution in [2.24, 2.45) is 4.99 Å². The molecule has 2 atom stereocenters. The Morgan fingerprint density at radius 1 is 1.40 bits per heavy atom. The smallest absolute Gasteiger partial charge is 0.213 e. The van der Waals surface area contributed by atoms with Gasteiger partial charge in [0.05, 0.1) is 19.8 Å². The largest absolute Gasteiger partial charge is 0.481 e. The molecule has 0 aromatic carbocycles. The maximum atomic E-state index is 5.91. The van der Waals surface area contributed by atoms with Crippen LogP contribution in [-0.2, 0) is 16.0 Å². The van der Waals surface area contributed by atoms with Crippen LogP contribution < -0.4 is 10.1 Å². The lowest BCUT2D eigenvalue weighted by molar-refractivity contribution is -0.0817. The maximum absolute atomic E-state index is 5.91. The Labute approximate surface area is 166 Å². The van der Waals surface area contributed by atoms with E-state index in [4.69, 9.17) is 14.2 Å². The van der Waals surface area contributed by atoms with Crippen LogP contribution in [0.2, 0.25) is 0 Å². The fourth-order valence-electron chi connectivity index (χ4n) is 3.17. The number of aliphatic imine (C=N–C) groups is 1. The number of pyridine rings is 1. The molecule has 0 spiro atoms. The van der Waals surface area contributed by atoms with Gasteiger partial charge < -0.3 is 24.4 Å². The minimum atomic E-state index is 0. The molecule has 0 saturated carbocycles. The molecule has 8 heteroatoms. The van der Waals surface area contributed by atoms with E-state index < -0.39 is 0 Å². The standard InChI is InChI=1S/C17H26N4O3.HI/c1-18-17(20-11-13-5-6-19-16(10-13)22-2)21-7-9-24-15(12-21)14-4-3-8-23-14;/h5-6,10,14-15H,3-4,7-9,11-12H2,1-2H3,(H,18,20);1H. The molecule has 1 aromatic rings. The van der Waals surface area contributed by atoms with Crippen LogP contribution in [0.1, 0.15) is 18.4 Å². The predicted molar refractivity (Wildman–Crippen MR) is 107 cm³/mol. The third-order valence-electron chi connectivity index (χ3n) is 4.44. The van der Waals surface area contributed by atoms with Gasteiger partial charge in [-0.1, -0.05) is 0 Å². The Balaban J connectivity index is 0.00000225. The number of hydrogen-bond acceptors (Lipinski definition) is 5. The summed E-state index contributed by atoms with van der Waals surface area (Å²) >= 11 is 0. The lowest BCUT2D eigenvalue weighted by atomic mass is 10.1. The molecule has 1 N–H and O–H groups in total. The van der Waals surface area contributed by atoms with Gasteiger partial charge in [0.15, 0.2) is 5.96 Å². The molecule has 0 bridgehead atoms. The van der Waals surface area contributed by atoms with Gasteiger partial charge in [0.2, 0.25) is 5.88 Å². The number of rotatable bonds is 4. The molecule has 2 fully saturated rings. The molecule has 7 nitrogen and oxygen atoms in total. The topological polar surface area (TPSA) is 68.2 Å². The molecule has 2 aliphatic heterocycles. The van der Waals surface area contributed by atoms with Gasteiger partial charge in [-0.3, -0.25) is 4.99 Å². The SMILES string of the molecule is CN=C(NCc1ccnc(OC)c1)N1CCOC(C2CCCO2)C1.I. The molecule has 3 heterocycles. The number of halogens is 1. The first-order chi connectivity index (χ1) is 11.8. The third kappa shape index (κ3) is 5.42. The quantitative estimate of drug-likeness (QED) is 0.417. The van der Waals surface area contributed by atoms with Crippen LogP contribution in [0.25, 0.3) is 0 Å². The summed E-state index contributed by atoms with van der Waals surface area (Å²) in [7, 11) is 3.43. The minimum absolute atomic E-state index is 0. The number of methoxy groups -OCH3 is 1. The average molecular weight is 462 g/mol. The highest BCUT2D eigenvalue weighted by Gasteiger charge is 2.32. The maximum Gasteiger partial charge on any atom is 0.213 e. The zero-order chi connectivity index (χ0) is 16.8. The summed E-state index contributed by atoms with van der Waals surface area (Å²) in [4.78, 5) is 10.8. The van der Waals surface area contributed by atoms with E-state index in [0.29, 0.717) is 19.0 Å². The van der Waals surface area contributed by atoms with Crippen molar-refractivity contribution in [2.45, 2.75) is 31.6 Å². The first kappa shape index (κ1) is 20.2. The van der Waals surface area contributed by atoms with Gasteiger partial charge in [0.1, 0.15) is 6.10 Å². The fraction of sp³-hybridized carbons (Fsp3) is 0.647. The number of guanidine groups is 1. The third-order valence-corrected chi connectivity index (χ3v) is 4.44. The molecule has 0 aliphatic carbocycles. The van der Waals surface area contributed by atoms with Crippen molar-refractivity contribution in [1.29, 1.82) is 0 Å². The van der Waals surface area contributed by atoms with Gasteiger partial charge in [-0.15, -0.1) is 24.0 Å². The van der Waals surface area contributed by atoms with Crippen molar-refractivity contribution < 1.29 is 14.2 Å². The molecule has 0 amide bonds. The number of nitrogens with zero attached hydrogens (tertiary/aromatic N) is 3. The number of nitrogens with one attached hydrogen (secondary N) is 1. The van der Waals surface area contributed by atoms with E-state index >= 15 is 0 Å². The van der Waals surface area contributed by atoms with E-state index in [9.17, 15) is 0 Å². The van der Waals surface area contributed by atoms with E-state index in [1.165, 1.54) is 0 Å². The molecular weight excluding hydrogens is 435 g/mol. The van der Waals surface area contributed by atoms with Gasteiger partial charge in [-0.05, 0) is 24.5 Å². The Kier molecular flexibility index (Phi) is 8.17. The van der Waals surface area contributed by atoms with Gasteiger partial charge in [-0.2, -0.15) is 0 Å². The number of hydrogen-bond donors (Lipinski definition) is 1. The number of ether oxygens (including phenoxy) is 3. The summed E-state index contributed by atoms with van der Waals surface area (Å²) in [6.07, 6.45) is 4.31. The van der Waals surface area contributed by atoms with E-state index in [1.54, 1.807) is 13.3 Å². The van der Waals surface area contributed by atoms with Crippen molar-refractivity contribution >= 4 is 29.9 Å². The lowest BCUT2D eigenvalue weighted by Gasteiger charge is -2.37. The molecule has 3 rings (SSSR count). The molecule has 2 aliphatic rings. The molecule has 25 heavy (non-hydrogen) atoms. The van der Waals surface area contributed by atoms with Gasteiger partial charge in [0.25, 0.3) is 0 Å². The van der Waals surface area contributed by atoms with Crippen molar-refractivity contribution in [3.63, 3.8) is 0 Å². The first-order valence-corrected chi connectivity index (χ1v) is 8.48. The second kappa shape index (κ2) is 10.1. The van der Waals surface area contributed by atoms with Gasteiger partial charge in [0, 0.05) is 45.6 Å². The number of morpholine rings is 1. The lowest BCUT2D eigenvalue weighted by Crippen LogP contribution is -2.53. The second-order valence-corrected chi connectivity index (χ2v) is 6.01. The molecule has 1 aromatic heterocycles. The minimum Gasteiger partial charge on any atom is -0.481 e. The predicted octanol–water partition coefficient (Wildman–Crippen LogP) is 1.66. The molecular formula is C17H27IN4O3. The summed E-state index contributed by atoms with van der Waals surface area (Å²) in [5, 5.41) is 3.41. The van der Waals surface area contributed by atoms with E-state index in [-0.39, 0.29) is 36.2 Å². The molecule has 2 saturated heterocycles. The van der Waals surface area contributed by atoms with Crippen molar-refractivity contribution in [1.82, 2.24) is 15.2 Å². The van der Waals surface area contributed by atoms with Gasteiger partial charge in [-0.25, -0.2) is 4.98 Å². The highest BCUT2D eigenvalue weighted by Crippen LogP contribution is 2.21. The number of aromatic nitrogens is 1. The average Bonchev–Trinajstić information content (AvgIpc) is 3.17. The van der Waals surface area contributed by atoms with Crippen LogP contribution in [-0.4, -0.2) is 68.5 Å². The Hall–Kier alpha value is -1.13. The molecule has 0 radical (unpaired) electrons. The van der Waals surface area contributed by atoms with Crippen molar-refractivity contribution in [2.75, 3.05) is 40.5 Å². The normalized spacial score (nSPS) is 23.9. The fourth-order valence-corrected chi connectivity index (χ4v) is 3.17. The zero-order valence-corrected chi connectivity index (χ0v) is 17.1. The van der Waals surface area contributed by atoms with Gasteiger partial charge >= 0.3 is 0 Å². The van der Waals surface area contributed by atoms with E-state index in [2.05, 4.69) is 20.2 Å². The molecule has 2 unspecified atom stereocenters. The Morgan fingerprint density at radius 3 is 2.96 bits per heavy atom. The van der Waals surface area contributed by atoms with Crippen LogP contribution >= 0.6 is 24.0 Å². The Bertz CT molecular complexity index is 567. The Morgan fingerprint density at radius 2 is 2.24 bits per heavy atom. The van der Waals surface area contributed by atoms with E-state index in [0.717, 1.165) is 44.1 Å². The highest BCUT2D eigenvalue weighted by molar-refractivity contribution is 14.0. The van der Waals surface area contributed by atoms with Crippen LogP contribution in [0, 0.1) is 0 Å². The summed E-state index contributed by atoms with van der Waals surface area (Å²) in [6.45, 7) is 3.87. The summed E-state index contributed by atoms with van der Waals surface area (Å²) in [6, 6.07) is 3.89. The van der Waals surface area contributed by atoms with Crippen LogP contribution in [0.4, 0.5) is 0 Å². The van der Waals surface area contributed by atoms with E-state index in [1.807, 2.05) is 19.2 Å². The first-order valence-electron chi connectivity index (χ1n) is 8.48. The highest BCUT2D eigenvalue weighted by atomic mass is 127. The summed E-state index contributed by atoms with van der Waals surface area (Å²) in [5.74, 6) is 1.51. The zero-order valence-electron chi connectivity index (χ0n) is 14.8. The summed E-state index contributed by atoms with van der Waals surface area (Å²) in [5.41, 5.74) is 1.10.